The highest BCUT2D eigenvalue weighted by Gasteiger charge is 2.19. The highest BCUT2D eigenvalue weighted by atomic mass is 16.5. The average molecular weight is 254 g/mol. The van der Waals surface area contributed by atoms with Gasteiger partial charge in [-0.1, -0.05) is 0 Å². The lowest BCUT2D eigenvalue weighted by Gasteiger charge is -2.16. The van der Waals surface area contributed by atoms with Gasteiger partial charge in [0, 0.05) is 12.7 Å². The Morgan fingerprint density at radius 1 is 1.28 bits per heavy atom. The molecular weight excluding hydrogens is 236 g/mol. The Balaban J connectivity index is 3.30. The maximum atomic E-state index is 11.0. The molecule has 0 aliphatic carbocycles. The van der Waals surface area contributed by atoms with Crippen molar-refractivity contribution in [3.8, 4) is 11.5 Å². The summed E-state index contributed by atoms with van der Waals surface area (Å²) < 4.78 is 15.6. The number of carboxylic acids is 1. The maximum absolute atomic E-state index is 11.0. The van der Waals surface area contributed by atoms with Crippen molar-refractivity contribution in [1.82, 2.24) is 0 Å². The van der Waals surface area contributed by atoms with E-state index in [0.29, 0.717) is 23.7 Å². The first-order valence-electron chi connectivity index (χ1n) is 5.51. The van der Waals surface area contributed by atoms with Crippen molar-refractivity contribution in [1.29, 1.82) is 0 Å². The predicted octanol–water partition coefficient (Wildman–Crippen LogP) is 2.04. The molecule has 18 heavy (non-hydrogen) atoms. The molecule has 5 heteroatoms. The molecule has 1 rings (SSSR count). The van der Waals surface area contributed by atoms with E-state index in [9.17, 15) is 4.79 Å². The quantitative estimate of drug-likeness (QED) is 0.841. The molecule has 0 saturated heterocycles. The Kier molecular flexibility index (Phi) is 4.97. The lowest BCUT2D eigenvalue weighted by atomic mass is 9.98. The van der Waals surface area contributed by atoms with Crippen LogP contribution in [0, 0.1) is 0 Å². The zero-order valence-corrected chi connectivity index (χ0v) is 11.0. The summed E-state index contributed by atoms with van der Waals surface area (Å²) in [6.45, 7) is 1.96. The van der Waals surface area contributed by atoms with Crippen LogP contribution in [0.3, 0.4) is 0 Å². The van der Waals surface area contributed by atoms with Gasteiger partial charge in [-0.2, -0.15) is 0 Å². The zero-order chi connectivity index (χ0) is 13.7. The van der Waals surface area contributed by atoms with Crippen molar-refractivity contribution < 1.29 is 24.1 Å². The van der Waals surface area contributed by atoms with Crippen molar-refractivity contribution >= 4 is 5.97 Å². The predicted molar refractivity (Wildman–Crippen MR) is 66.3 cm³/mol. The first kappa shape index (κ1) is 14.3. The van der Waals surface area contributed by atoms with Crippen molar-refractivity contribution in [3.63, 3.8) is 0 Å². The molecule has 0 fully saturated rings. The van der Waals surface area contributed by atoms with Gasteiger partial charge in [-0.3, -0.25) is 4.79 Å². The van der Waals surface area contributed by atoms with E-state index in [4.69, 9.17) is 19.3 Å². The summed E-state index contributed by atoms with van der Waals surface area (Å²) in [5.41, 5.74) is 1.43. The molecule has 0 aliphatic rings. The Hall–Kier alpha value is -1.75. The number of hydrogen-bond donors (Lipinski definition) is 1. The molecule has 1 aromatic carbocycles. The molecular formula is C13H18O5. The van der Waals surface area contributed by atoms with Crippen LogP contribution in [-0.4, -0.2) is 32.4 Å². The summed E-state index contributed by atoms with van der Waals surface area (Å²) in [5.74, 6) is -0.415. The van der Waals surface area contributed by atoms with E-state index in [-0.39, 0.29) is 0 Å². The second-order valence-electron chi connectivity index (χ2n) is 3.91. The summed E-state index contributed by atoms with van der Waals surface area (Å²) in [5, 5.41) is 9.04. The van der Waals surface area contributed by atoms with Gasteiger partial charge in [0.15, 0.2) is 11.5 Å². The smallest absolute Gasteiger partial charge is 0.310 e. The number of hydrogen-bond acceptors (Lipinski definition) is 4. The summed E-state index contributed by atoms with van der Waals surface area (Å²) in [6, 6.07) is 3.44. The SMILES string of the molecule is COCc1cc(C(C)C(=O)O)cc(OC)c1OC. The minimum Gasteiger partial charge on any atom is -0.493 e. The minimum absolute atomic E-state index is 0.333. The van der Waals surface area contributed by atoms with Crippen LogP contribution < -0.4 is 9.47 Å². The van der Waals surface area contributed by atoms with Crippen LogP contribution in [-0.2, 0) is 16.1 Å². The third-order valence-corrected chi connectivity index (χ3v) is 2.75. The second kappa shape index (κ2) is 6.26. The molecule has 0 saturated carbocycles. The minimum atomic E-state index is -0.884. The molecule has 0 heterocycles. The van der Waals surface area contributed by atoms with E-state index >= 15 is 0 Å². The standard InChI is InChI=1S/C13H18O5/c1-8(13(14)15)9-5-10(7-16-2)12(18-4)11(6-9)17-3/h5-6,8H,7H2,1-4H3,(H,14,15). The maximum Gasteiger partial charge on any atom is 0.310 e. The van der Waals surface area contributed by atoms with E-state index in [2.05, 4.69) is 0 Å². The third-order valence-electron chi connectivity index (χ3n) is 2.75. The Labute approximate surface area is 106 Å². The molecule has 0 radical (unpaired) electrons. The van der Waals surface area contributed by atoms with Crippen LogP contribution in [0.5, 0.6) is 11.5 Å². The summed E-state index contributed by atoms with van der Waals surface area (Å²) in [6.07, 6.45) is 0. The van der Waals surface area contributed by atoms with E-state index in [1.165, 1.54) is 14.2 Å². The largest absolute Gasteiger partial charge is 0.493 e. The number of benzene rings is 1. The molecule has 0 aliphatic heterocycles. The average Bonchev–Trinajstić information content (AvgIpc) is 2.37. The summed E-state index contributed by atoms with van der Waals surface area (Å²) in [7, 11) is 4.63. The van der Waals surface area contributed by atoms with E-state index in [0.717, 1.165) is 5.56 Å². The van der Waals surface area contributed by atoms with Crippen molar-refractivity contribution in [2.45, 2.75) is 19.4 Å². The van der Waals surface area contributed by atoms with Crippen LogP contribution in [0.4, 0.5) is 0 Å². The molecule has 0 aromatic heterocycles. The number of carbonyl (C=O) groups is 1. The lowest BCUT2D eigenvalue weighted by Crippen LogP contribution is -2.09. The van der Waals surface area contributed by atoms with Gasteiger partial charge in [-0.05, 0) is 24.6 Å². The number of aliphatic carboxylic acids is 1. The lowest BCUT2D eigenvalue weighted by molar-refractivity contribution is -0.138. The topological polar surface area (TPSA) is 65.0 Å². The molecule has 100 valence electrons. The molecule has 1 atom stereocenters. The third kappa shape index (κ3) is 2.92. The zero-order valence-electron chi connectivity index (χ0n) is 11.0. The van der Waals surface area contributed by atoms with Gasteiger partial charge in [-0.25, -0.2) is 0 Å². The highest BCUT2D eigenvalue weighted by Crippen LogP contribution is 2.35. The van der Waals surface area contributed by atoms with Crippen molar-refractivity contribution in [3.05, 3.63) is 23.3 Å². The van der Waals surface area contributed by atoms with Crippen molar-refractivity contribution in [2.75, 3.05) is 21.3 Å². The Bertz CT molecular complexity index is 428. The van der Waals surface area contributed by atoms with Gasteiger partial charge in [0.1, 0.15) is 0 Å². The Morgan fingerprint density at radius 3 is 2.39 bits per heavy atom. The van der Waals surface area contributed by atoms with Gasteiger partial charge >= 0.3 is 5.97 Å². The molecule has 0 spiro atoms. The van der Waals surface area contributed by atoms with Gasteiger partial charge < -0.3 is 19.3 Å². The van der Waals surface area contributed by atoms with Gasteiger partial charge in [0.2, 0.25) is 0 Å². The second-order valence-corrected chi connectivity index (χ2v) is 3.91. The summed E-state index contributed by atoms with van der Waals surface area (Å²) >= 11 is 0. The fraction of sp³-hybridized carbons (Fsp3) is 0.462. The van der Waals surface area contributed by atoms with E-state index < -0.39 is 11.9 Å². The van der Waals surface area contributed by atoms with Crippen molar-refractivity contribution in [2.24, 2.45) is 0 Å². The molecule has 1 aromatic rings. The first-order chi connectivity index (χ1) is 8.54. The Morgan fingerprint density at radius 2 is 1.94 bits per heavy atom. The molecule has 5 nitrogen and oxygen atoms in total. The van der Waals surface area contributed by atoms with Crippen LogP contribution in [0.2, 0.25) is 0 Å². The fourth-order valence-corrected chi connectivity index (χ4v) is 1.72. The molecule has 0 amide bonds. The molecule has 0 bridgehead atoms. The van der Waals surface area contributed by atoms with E-state index in [1.807, 2.05) is 0 Å². The van der Waals surface area contributed by atoms with Crippen LogP contribution >= 0.6 is 0 Å². The van der Waals surface area contributed by atoms with Crippen LogP contribution in [0.15, 0.2) is 12.1 Å². The number of ether oxygens (including phenoxy) is 3. The summed E-state index contributed by atoms with van der Waals surface area (Å²) in [4.78, 5) is 11.0. The van der Waals surface area contributed by atoms with Gasteiger partial charge in [0.25, 0.3) is 0 Å². The first-order valence-corrected chi connectivity index (χ1v) is 5.51. The highest BCUT2D eigenvalue weighted by molar-refractivity contribution is 5.76. The monoisotopic (exact) mass is 254 g/mol. The fourth-order valence-electron chi connectivity index (χ4n) is 1.72. The van der Waals surface area contributed by atoms with Crippen LogP contribution in [0.25, 0.3) is 0 Å². The number of carboxylic acid groups (broad SMARTS) is 1. The molecule has 1 unspecified atom stereocenters. The number of methoxy groups -OCH3 is 3. The van der Waals surface area contributed by atoms with Gasteiger partial charge in [0.05, 0.1) is 26.7 Å². The normalized spacial score (nSPS) is 12.0. The van der Waals surface area contributed by atoms with E-state index in [1.54, 1.807) is 26.2 Å². The van der Waals surface area contributed by atoms with Gasteiger partial charge in [-0.15, -0.1) is 0 Å². The van der Waals surface area contributed by atoms with Crippen LogP contribution in [0.1, 0.15) is 24.0 Å². The number of rotatable bonds is 6. The molecule has 1 N–H and O–H groups in total.